The van der Waals surface area contributed by atoms with Crippen molar-refractivity contribution in [2.45, 2.75) is 49.3 Å². The largest absolute Gasteiger partial charge is 0.481 e. The maximum absolute atomic E-state index is 10.7. The second-order valence-corrected chi connectivity index (χ2v) is 5.71. The molecule has 0 atom stereocenters. The molecule has 0 aliphatic heterocycles. The number of carboxylic acids is 1. The zero-order valence-corrected chi connectivity index (χ0v) is 11.8. The van der Waals surface area contributed by atoms with E-state index in [1.165, 1.54) is 32.1 Å². The lowest BCUT2D eigenvalue weighted by Gasteiger charge is -2.24. The fourth-order valence-electron chi connectivity index (χ4n) is 2.65. The third-order valence-electron chi connectivity index (χ3n) is 3.62. The highest BCUT2D eigenvalue weighted by Gasteiger charge is 2.20. The fourth-order valence-corrected chi connectivity index (χ4v) is 3.28. The van der Waals surface area contributed by atoms with Gasteiger partial charge in [0, 0.05) is 4.90 Å². The molecule has 98 valence electrons. The molecular weight excluding hydrogens is 268 g/mol. The summed E-state index contributed by atoms with van der Waals surface area (Å²) in [7, 11) is 0. The topological polar surface area (TPSA) is 37.3 Å². The second kappa shape index (κ2) is 5.98. The molecule has 18 heavy (non-hydrogen) atoms. The van der Waals surface area contributed by atoms with Crippen molar-refractivity contribution in [1.82, 2.24) is 0 Å². The van der Waals surface area contributed by atoms with Crippen molar-refractivity contribution in [3.05, 3.63) is 28.3 Å². The van der Waals surface area contributed by atoms with Crippen molar-refractivity contribution in [3.8, 4) is 0 Å². The first kappa shape index (κ1) is 13.8. The lowest BCUT2D eigenvalue weighted by molar-refractivity contribution is -0.136. The van der Waals surface area contributed by atoms with Crippen LogP contribution in [0.4, 0.5) is 0 Å². The SMILES string of the molecule is O=C(O)Cc1ccc(C2CCCCC2)c(Cl)c1S. The molecule has 0 bridgehead atoms. The van der Waals surface area contributed by atoms with Gasteiger partial charge in [0.15, 0.2) is 0 Å². The average Bonchev–Trinajstić information content (AvgIpc) is 2.36. The Morgan fingerprint density at radius 3 is 2.61 bits per heavy atom. The van der Waals surface area contributed by atoms with Crippen molar-refractivity contribution in [1.29, 1.82) is 0 Å². The summed E-state index contributed by atoms with van der Waals surface area (Å²) in [5.41, 5.74) is 1.82. The first-order valence-electron chi connectivity index (χ1n) is 6.31. The van der Waals surface area contributed by atoms with E-state index in [1.807, 2.05) is 12.1 Å². The number of rotatable bonds is 3. The molecule has 0 aromatic heterocycles. The Hall–Kier alpha value is -0.670. The Balaban J connectivity index is 2.27. The van der Waals surface area contributed by atoms with E-state index in [0.717, 1.165) is 5.56 Å². The highest BCUT2D eigenvalue weighted by atomic mass is 35.5. The van der Waals surface area contributed by atoms with Gasteiger partial charge in [0.25, 0.3) is 0 Å². The summed E-state index contributed by atoms with van der Waals surface area (Å²) in [6, 6.07) is 3.84. The van der Waals surface area contributed by atoms with Gasteiger partial charge in [-0.25, -0.2) is 0 Å². The van der Waals surface area contributed by atoms with Gasteiger partial charge in [0.1, 0.15) is 0 Å². The van der Waals surface area contributed by atoms with E-state index in [0.29, 0.717) is 21.4 Å². The lowest BCUT2D eigenvalue weighted by atomic mass is 9.83. The Kier molecular flexibility index (Phi) is 4.57. The van der Waals surface area contributed by atoms with Gasteiger partial charge < -0.3 is 5.11 Å². The summed E-state index contributed by atoms with van der Waals surface area (Å²) in [4.78, 5) is 11.4. The highest BCUT2D eigenvalue weighted by molar-refractivity contribution is 7.80. The van der Waals surface area contributed by atoms with Crippen LogP contribution < -0.4 is 0 Å². The van der Waals surface area contributed by atoms with E-state index >= 15 is 0 Å². The van der Waals surface area contributed by atoms with Crippen LogP contribution in [0.5, 0.6) is 0 Å². The minimum absolute atomic E-state index is 0.0243. The van der Waals surface area contributed by atoms with Crippen LogP contribution in [0, 0.1) is 0 Å². The standard InChI is InChI=1S/C14H17ClO2S/c15-13-11(9-4-2-1-3-5-9)7-6-10(14(13)18)8-12(16)17/h6-7,9,18H,1-5,8H2,(H,16,17). The predicted octanol–water partition coefficient (Wildman–Crippen LogP) is 4.30. The van der Waals surface area contributed by atoms with Gasteiger partial charge in [0.2, 0.25) is 0 Å². The molecule has 1 saturated carbocycles. The molecule has 1 aromatic rings. The molecule has 4 heteroatoms. The average molecular weight is 285 g/mol. The molecular formula is C14H17ClO2S. The third kappa shape index (κ3) is 3.01. The zero-order valence-electron chi connectivity index (χ0n) is 10.2. The van der Waals surface area contributed by atoms with Crippen LogP contribution in [0.2, 0.25) is 5.02 Å². The van der Waals surface area contributed by atoms with Crippen molar-refractivity contribution in [3.63, 3.8) is 0 Å². The van der Waals surface area contributed by atoms with Gasteiger partial charge in [0.05, 0.1) is 11.4 Å². The number of carboxylic acid groups (broad SMARTS) is 1. The van der Waals surface area contributed by atoms with Crippen molar-refractivity contribution >= 4 is 30.2 Å². The zero-order chi connectivity index (χ0) is 13.1. The monoisotopic (exact) mass is 284 g/mol. The van der Waals surface area contributed by atoms with Gasteiger partial charge in [-0.1, -0.05) is 43.0 Å². The van der Waals surface area contributed by atoms with E-state index < -0.39 is 5.97 Å². The van der Waals surface area contributed by atoms with Crippen LogP contribution in [-0.4, -0.2) is 11.1 Å². The first-order chi connectivity index (χ1) is 8.59. The predicted molar refractivity (Wildman–Crippen MR) is 75.9 cm³/mol. The van der Waals surface area contributed by atoms with Gasteiger partial charge in [-0.2, -0.15) is 0 Å². The van der Waals surface area contributed by atoms with Crippen LogP contribution in [0.3, 0.4) is 0 Å². The Labute approximate surface area is 118 Å². The van der Waals surface area contributed by atoms with Crippen molar-refractivity contribution in [2.75, 3.05) is 0 Å². The van der Waals surface area contributed by atoms with Crippen LogP contribution in [-0.2, 0) is 11.2 Å². The number of hydrogen-bond acceptors (Lipinski definition) is 2. The molecule has 2 rings (SSSR count). The third-order valence-corrected chi connectivity index (χ3v) is 4.67. The lowest BCUT2D eigenvalue weighted by Crippen LogP contribution is -2.07. The highest BCUT2D eigenvalue weighted by Crippen LogP contribution is 2.39. The van der Waals surface area contributed by atoms with Crippen molar-refractivity contribution in [2.24, 2.45) is 0 Å². The summed E-state index contributed by atoms with van der Waals surface area (Å²) in [5.74, 6) is -0.345. The summed E-state index contributed by atoms with van der Waals surface area (Å²) >= 11 is 10.7. The van der Waals surface area contributed by atoms with Crippen LogP contribution in [0.15, 0.2) is 17.0 Å². The van der Waals surface area contributed by atoms with Crippen molar-refractivity contribution < 1.29 is 9.90 Å². The number of carbonyl (C=O) groups is 1. The normalized spacial score (nSPS) is 16.8. The number of halogens is 1. The van der Waals surface area contributed by atoms with E-state index in [9.17, 15) is 4.79 Å². The van der Waals surface area contributed by atoms with E-state index in [4.69, 9.17) is 16.7 Å². The number of aliphatic carboxylic acids is 1. The maximum atomic E-state index is 10.7. The van der Waals surface area contributed by atoms with Gasteiger partial charge in [-0.15, -0.1) is 12.6 Å². The summed E-state index contributed by atoms with van der Waals surface area (Å²) in [5, 5.41) is 9.47. The minimum atomic E-state index is -0.855. The molecule has 0 amide bonds. The molecule has 1 N–H and O–H groups in total. The smallest absolute Gasteiger partial charge is 0.307 e. The molecule has 0 saturated heterocycles. The Morgan fingerprint density at radius 2 is 2.00 bits per heavy atom. The van der Waals surface area contributed by atoms with Crippen LogP contribution in [0.25, 0.3) is 0 Å². The molecule has 0 radical (unpaired) electrons. The van der Waals surface area contributed by atoms with Gasteiger partial charge in [-0.05, 0) is 29.9 Å². The van der Waals surface area contributed by atoms with Gasteiger partial charge >= 0.3 is 5.97 Å². The molecule has 2 nitrogen and oxygen atoms in total. The summed E-state index contributed by atoms with van der Waals surface area (Å²) < 4.78 is 0. The minimum Gasteiger partial charge on any atom is -0.481 e. The fraction of sp³-hybridized carbons (Fsp3) is 0.500. The van der Waals surface area contributed by atoms with E-state index in [-0.39, 0.29) is 6.42 Å². The number of hydrogen-bond donors (Lipinski definition) is 2. The Morgan fingerprint density at radius 1 is 1.33 bits per heavy atom. The second-order valence-electron chi connectivity index (χ2n) is 4.88. The molecule has 0 spiro atoms. The molecule has 1 aromatic carbocycles. The molecule has 0 unspecified atom stereocenters. The van der Waals surface area contributed by atoms with Gasteiger partial charge in [-0.3, -0.25) is 4.79 Å². The van der Waals surface area contributed by atoms with E-state index in [1.54, 1.807) is 0 Å². The number of thiol groups is 1. The molecule has 1 aliphatic rings. The van der Waals surface area contributed by atoms with Crippen LogP contribution >= 0.6 is 24.2 Å². The number of benzene rings is 1. The summed E-state index contributed by atoms with van der Waals surface area (Å²) in [6.45, 7) is 0. The molecule has 1 aliphatic carbocycles. The summed E-state index contributed by atoms with van der Waals surface area (Å²) in [6.07, 6.45) is 6.12. The first-order valence-corrected chi connectivity index (χ1v) is 7.14. The molecule has 0 heterocycles. The quantitative estimate of drug-likeness (QED) is 0.812. The molecule has 1 fully saturated rings. The Bertz CT molecular complexity index is 453. The van der Waals surface area contributed by atoms with E-state index in [2.05, 4.69) is 12.6 Å². The van der Waals surface area contributed by atoms with Crippen LogP contribution in [0.1, 0.15) is 49.1 Å². The maximum Gasteiger partial charge on any atom is 0.307 e.